The van der Waals surface area contributed by atoms with Gasteiger partial charge < -0.3 is 0 Å². The van der Waals surface area contributed by atoms with E-state index in [1.165, 1.54) is 5.56 Å². The minimum Gasteiger partial charge on any atom is -0.297 e. The molecule has 1 aromatic rings. The molecule has 2 heterocycles. The lowest BCUT2D eigenvalue weighted by atomic mass is 10.2. The van der Waals surface area contributed by atoms with E-state index in [9.17, 15) is 14.4 Å². The normalized spacial score (nSPS) is 20.3. The summed E-state index contributed by atoms with van der Waals surface area (Å²) in [5.41, 5.74) is 1.28. The number of urea groups is 1. The topological polar surface area (TPSA) is 64.2 Å². The van der Waals surface area contributed by atoms with E-state index in [4.69, 9.17) is 0 Å². The third-order valence-corrected chi connectivity index (χ3v) is 4.51. The van der Waals surface area contributed by atoms with Crippen LogP contribution in [0.2, 0.25) is 0 Å². The van der Waals surface area contributed by atoms with Gasteiger partial charge in [0.2, 0.25) is 0 Å². The van der Waals surface area contributed by atoms with Crippen LogP contribution in [-0.4, -0.2) is 76.8 Å². The number of nitrogens with zero attached hydrogens (tertiary/aromatic N) is 4. The molecule has 2 saturated heterocycles. The molecule has 0 saturated carbocycles. The summed E-state index contributed by atoms with van der Waals surface area (Å²) in [5, 5.41) is 0. The van der Waals surface area contributed by atoms with Gasteiger partial charge in [-0.3, -0.25) is 24.3 Å². The molecule has 3 rings (SSSR count). The Labute approximate surface area is 141 Å². The van der Waals surface area contributed by atoms with Gasteiger partial charge in [-0.15, -0.1) is 0 Å². The highest BCUT2D eigenvalue weighted by atomic mass is 16.2. The highest BCUT2D eigenvalue weighted by Gasteiger charge is 2.44. The molecule has 7 nitrogen and oxygen atoms in total. The summed E-state index contributed by atoms with van der Waals surface area (Å²) in [7, 11) is 0. The van der Waals surface area contributed by atoms with E-state index < -0.39 is 17.8 Å². The molecule has 7 heteroatoms. The van der Waals surface area contributed by atoms with Crippen LogP contribution in [0.4, 0.5) is 4.79 Å². The Morgan fingerprint density at radius 3 is 2.00 bits per heavy atom. The van der Waals surface area contributed by atoms with E-state index in [0.717, 1.165) is 42.5 Å². The molecule has 2 fully saturated rings. The minimum atomic E-state index is -0.717. The predicted molar refractivity (Wildman–Crippen MR) is 87.8 cm³/mol. The Hall–Kier alpha value is -2.25. The molecule has 0 bridgehead atoms. The molecule has 0 radical (unpaired) electrons. The maximum Gasteiger partial charge on any atom is 0.335 e. The van der Waals surface area contributed by atoms with Crippen LogP contribution in [0.1, 0.15) is 12.5 Å². The van der Waals surface area contributed by atoms with Crippen LogP contribution in [-0.2, 0) is 16.1 Å². The van der Waals surface area contributed by atoms with Crippen molar-refractivity contribution in [1.82, 2.24) is 19.6 Å². The molecule has 1 aromatic carbocycles. The van der Waals surface area contributed by atoms with Gasteiger partial charge in [0.05, 0.1) is 6.67 Å². The quantitative estimate of drug-likeness (QED) is 0.583. The van der Waals surface area contributed by atoms with Crippen LogP contribution < -0.4 is 0 Å². The maximum absolute atomic E-state index is 12.1. The van der Waals surface area contributed by atoms with Gasteiger partial charge in [-0.2, -0.15) is 0 Å². The summed E-state index contributed by atoms with van der Waals surface area (Å²) in [6.07, 6.45) is 0. The second kappa shape index (κ2) is 7.11. The van der Waals surface area contributed by atoms with E-state index in [0.29, 0.717) is 0 Å². The van der Waals surface area contributed by atoms with Crippen molar-refractivity contribution in [3.8, 4) is 0 Å². The van der Waals surface area contributed by atoms with Gasteiger partial charge in [0, 0.05) is 39.3 Å². The SMILES string of the molecule is CCN1C(=O)C(=O)N(CN2CCN(Cc3ccccc3)CC2)C1=O. The number of hydrogen-bond acceptors (Lipinski definition) is 5. The van der Waals surface area contributed by atoms with Crippen molar-refractivity contribution in [1.29, 1.82) is 0 Å². The molecule has 0 atom stereocenters. The standard InChI is InChI=1S/C17H22N4O3/c1-2-20-15(22)16(23)21(17(20)24)13-19-10-8-18(9-11-19)12-14-6-4-3-5-7-14/h3-7H,2,8-13H2,1H3. The molecule has 2 aliphatic heterocycles. The Morgan fingerprint density at radius 2 is 1.42 bits per heavy atom. The van der Waals surface area contributed by atoms with Crippen LogP contribution in [0, 0.1) is 0 Å². The van der Waals surface area contributed by atoms with E-state index >= 15 is 0 Å². The zero-order valence-electron chi connectivity index (χ0n) is 13.9. The predicted octanol–water partition coefficient (Wildman–Crippen LogP) is 0.572. The lowest BCUT2D eigenvalue weighted by Gasteiger charge is -2.35. The Balaban J connectivity index is 1.51. The van der Waals surface area contributed by atoms with E-state index in [1.54, 1.807) is 6.92 Å². The van der Waals surface area contributed by atoms with Crippen molar-refractivity contribution in [2.24, 2.45) is 0 Å². The first-order valence-electron chi connectivity index (χ1n) is 8.26. The molecule has 2 aliphatic rings. The van der Waals surface area contributed by atoms with Gasteiger partial charge in [0.25, 0.3) is 0 Å². The first-order valence-corrected chi connectivity index (χ1v) is 8.26. The molecular weight excluding hydrogens is 308 g/mol. The number of carbonyl (C=O) groups is 3. The van der Waals surface area contributed by atoms with Crippen molar-refractivity contribution in [2.75, 3.05) is 39.4 Å². The van der Waals surface area contributed by atoms with Gasteiger partial charge in [-0.25, -0.2) is 9.69 Å². The Morgan fingerprint density at radius 1 is 0.833 bits per heavy atom. The van der Waals surface area contributed by atoms with Gasteiger partial charge in [0.15, 0.2) is 0 Å². The highest BCUT2D eigenvalue weighted by Crippen LogP contribution is 2.14. The largest absolute Gasteiger partial charge is 0.335 e. The fourth-order valence-electron chi connectivity index (χ4n) is 3.08. The number of benzene rings is 1. The second-order valence-electron chi connectivity index (χ2n) is 6.09. The molecule has 0 spiro atoms. The first-order chi connectivity index (χ1) is 11.6. The number of hydrogen-bond donors (Lipinski definition) is 0. The van der Waals surface area contributed by atoms with Crippen molar-refractivity contribution >= 4 is 17.8 Å². The van der Waals surface area contributed by atoms with Gasteiger partial charge in [-0.1, -0.05) is 30.3 Å². The average molecular weight is 330 g/mol. The lowest BCUT2D eigenvalue weighted by Crippen LogP contribution is -2.51. The van der Waals surface area contributed by atoms with Crippen LogP contribution in [0.25, 0.3) is 0 Å². The highest BCUT2D eigenvalue weighted by molar-refractivity contribution is 6.44. The maximum atomic E-state index is 12.1. The molecule has 128 valence electrons. The third kappa shape index (κ3) is 3.32. The second-order valence-corrected chi connectivity index (χ2v) is 6.09. The van der Waals surface area contributed by atoms with Crippen LogP contribution in [0.5, 0.6) is 0 Å². The molecule has 0 aromatic heterocycles. The molecule has 0 N–H and O–H groups in total. The summed E-state index contributed by atoms with van der Waals surface area (Å²) in [6, 6.07) is 9.79. The summed E-state index contributed by atoms with van der Waals surface area (Å²) < 4.78 is 0. The minimum absolute atomic E-state index is 0.194. The smallest absolute Gasteiger partial charge is 0.297 e. The summed E-state index contributed by atoms with van der Waals surface area (Å²) >= 11 is 0. The Bertz CT molecular complexity index is 626. The molecular formula is C17H22N4O3. The van der Waals surface area contributed by atoms with Crippen molar-refractivity contribution in [3.05, 3.63) is 35.9 Å². The number of piperazine rings is 1. The summed E-state index contributed by atoms with van der Waals surface area (Å²) in [4.78, 5) is 42.2. The summed E-state index contributed by atoms with van der Waals surface area (Å²) in [5.74, 6) is -1.43. The van der Waals surface area contributed by atoms with Gasteiger partial charge >= 0.3 is 17.8 Å². The van der Waals surface area contributed by atoms with Crippen LogP contribution >= 0.6 is 0 Å². The van der Waals surface area contributed by atoms with Crippen molar-refractivity contribution < 1.29 is 14.4 Å². The molecule has 4 amide bonds. The zero-order chi connectivity index (χ0) is 17.1. The lowest BCUT2D eigenvalue weighted by molar-refractivity contribution is -0.144. The fraction of sp³-hybridized carbons (Fsp3) is 0.471. The van der Waals surface area contributed by atoms with E-state index in [2.05, 4.69) is 17.0 Å². The number of rotatable bonds is 5. The first kappa shape index (κ1) is 16.6. The monoisotopic (exact) mass is 330 g/mol. The van der Waals surface area contributed by atoms with Gasteiger partial charge in [-0.05, 0) is 12.5 Å². The van der Waals surface area contributed by atoms with Crippen LogP contribution in [0.3, 0.4) is 0 Å². The number of amides is 4. The Kier molecular flexibility index (Phi) is 4.92. The van der Waals surface area contributed by atoms with E-state index in [1.807, 2.05) is 23.1 Å². The fourth-order valence-corrected chi connectivity index (χ4v) is 3.08. The average Bonchev–Trinajstić information content (AvgIpc) is 2.80. The van der Waals surface area contributed by atoms with E-state index in [-0.39, 0.29) is 13.2 Å². The van der Waals surface area contributed by atoms with Crippen molar-refractivity contribution in [3.63, 3.8) is 0 Å². The summed E-state index contributed by atoms with van der Waals surface area (Å²) in [6.45, 7) is 6.29. The van der Waals surface area contributed by atoms with Crippen molar-refractivity contribution in [2.45, 2.75) is 13.5 Å². The number of imide groups is 2. The molecule has 24 heavy (non-hydrogen) atoms. The molecule has 0 aliphatic carbocycles. The van der Waals surface area contributed by atoms with Gasteiger partial charge in [0.1, 0.15) is 0 Å². The third-order valence-electron chi connectivity index (χ3n) is 4.51. The zero-order valence-corrected chi connectivity index (χ0v) is 13.9. The van der Waals surface area contributed by atoms with Crippen LogP contribution in [0.15, 0.2) is 30.3 Å². The number of likely N-dealkylation sites (N-methyl/N-ethyl adjacent to an activating group) is 1. The molecule has 0 unspecified atom stereocenters. The number of carbonyl (C=O) groups excluding carboxylic acids is 3.